The van der Waals surface area contributed by atoms with Gasteiger partial charge in [0.2, 0.25) is 0 Å². The maximum Gasteiger partial charge on any atom is 0.263 e. The number of anilines is 1. The fourth-order valence-electron chi connectivity index (χ4n) is 3.49. The third kappa shape index (κ3) is 3.38. The summed E-state index contributed by atoms with van der Waals surface area (Å²) in [7, 11) is 0. The highest BCUT2D eigenvalue weighted by Gasteiger charge is 2.44. The number of carbonyl (C=O) groups is 2. The third-order valence-corrected chi connectivity index (χ3v) is 5.86. The summed E-state index contributed by atoms with van der Waals surface area (Å²) < 4.78 is 1.73. The maximum atomic E-state index is 13.2. The van der Waals surface area contributed by atoms with Crippen LogP contribution in [0.4, 0.5) is 5.69 Å². The SMILES string of the molecule is O=C(c1cccs1)N1CCC(C(=O)Nc2ccccc2)(n2cccn2)CC1. The van der Waals surface area contributed by atoms with Gasteiger partial charge in [-0.05, 0) is 42.5 Å². The molecule has 0 saturated carbocycles. The highest BCUT2D eigenvalue weighted by Crippen LogP contribution is 2.32. The standard InChI is InChI=1S/C20H20N4O2S/c25-18(17-8-4-15-27-17)23-13-9-20(10-14-23,24-12-5-11-21-24)19(26)22-16-6-2-1-3-7-16/h1-8,11-12,15H,9-10,13-14H2,(H,22,26). The number of thiophene rings is 1. The number of para-hydroxylation sites is 1. The number of piperidine rings is 1. The largest absolute Gasteiger partial charge is 0.338 e. The maximum absolute atomic E-state index is 13.2. The van der Waals surface area contributed by atoms with Crippen molar-refractivity contribution in [1.82, 2.24) is 14.7 Å². The van der Waals surface area contributed by atoms with Crippen molar-refractivity contribution in [3.05, 3.63) is 71.2 Å². The van der Waals surface area contributed by atoms with Crippen LogP contribution in [0.3, 0.4) is 0 Å². The molecular weight excluding hydrogens is 360 g/mol. The van der Waals surface area contributed by atoms with Crippen LogP contribution in [0.5, 0.6) is 0 Å². The van der Waals surface area contributed by atoms with E-state index in [1.807, 2.05) is 65.0 Å². The summed E-state index contributed by atoms with van der Waals surface area (Å²) >= 11 is 1.44. The molecule has 0 aliphatic carbocycles. The van der Waals surface area contributed by atoms with E-state index in [-0.39, 0.29) is 11.8 Å². The van der Waals surface area contributed by atoms with Crippen molar-refractivity contribution in [3.8, 4) is 0 Å². The van der Waals surface area contributed by atoms with E-state index in [9.17, 15) is 9.59 Å². The number of benzene rings is 1. The van der Waals surface area contributed by atoms with Gasteiger partial charge in [0.05, 0.1) is 4.88 Å². The lowest BCUT2D eigenvalue weighted by Gasteiger charge is -2.40. The molecule has 1 aliphatic rings. The smallest absolute Gasteiger partial charge is 0.263 e. The van der Waals surface area contributed by atoms with Crippen LogP contribution in [0.2, 0.25) is 0 Å². The molecule has 1 aromatic carbocycles. The minimum atomic E-state index is -0.800. The van der Waals surface area contributed by atoms with Gasteiger partial charge in [0.15, 0.2) is 0 Å². The first kappa shape index (κ1) is 17.5. The summed E-state index contributed by atoms with van der Waals surface area (Å²) in [4.78, 5) is 28.4. The average molecular weight is 380 g/mol. The van der Waals surface area contributed by atoms with Gasteiger partial charge in [0.25, 0.3) is 11.8 Å². The quantitative estimate of drug-likeness (QED) is 0.756. The van der Waals surface area contributed by atoms with Crippen LogP contribution in [0.1, 0.15) is 22.5 Å². The molecule has 0 radical (unpaired) electrons. The third-order valence-electron chi connectivity index (χ3n) is 5.01. The number of carbonyl (C=O) groups excluding carboxylic acids is 2. The van der Waals surface area contributed by atoms with Gasteiger partial charge in [0, 0.05) is 31.2 Å². The van der Waals surface area contributed by atoms with Gasteiger partial charge in [0.1, 0.15) is 5.54 Å². The van der Waals surface area contributed by atoms with Crippen molar-refractivity contribution in [3.63, 3.8) is 0 Å². The molecule has 2 amide bonds. The molecule has 3 aromatic rings. The fraction of sp³-hybridized carbons (Fsp3) is 0.250. The van der Waals surface area contributed by atoms with Crippen molar-refractivity contribution in [1.29, 1.82) is 0 Å². The number of nitrogens with zero attached hydrogens (tertiary/aromatic N) is 3. The van der Waals surface area contributed by atoms with Crippen molar-refractivity contribution in [2.45, 2.75) is 18.4 Å². The van der Waals surface area contributed by atoms with Gasteiger partial charge in [-0.25, -0.2) is 0 Å². The van der Waals surface area contributed by atoms with Crippen LogP contribution in [-0.2, 0) is 10.3 Å². The van der Waals surface area contributed by atoms with Crippen molar-refractivity contribution in [2.24, 2.45) is 0 Å². The Morgan fingerprint density at radius 2 is 1.81 bits per heavy atom. The molecule has 7 heteroatoms. The molecule has 0 bridgehead atoms. The van der Waals surface area contributed by atoms with Crippen molar-refractivity contribution in [2.75, 3.05) is 18.4 Å². The predicted molar refractivity (Wildman–Crippen MR) is 105 cm³/mol. The Morgan fingerprint density at radius 1 is 1.04 bits per heavy atom. The molecule has 1 aliphatic heterocycles. The molecule has 1 N–H and O–H groups in total. The van der Waals surface area contributed by atoms with Crippen LogP contribution in [-0.4, -0.2) is 39.6 Å². The molecule has 0 spiro atoms. The molecule has 1 saturated heterocycles. The first-order chi connectivity index (χ1) is 13.2. The number of hydrogen-bond acceptors (Lipinski definition) is 4. The van der Waals surface area contributed by atoms with Crippen molar-refractivity contribution < 1.29 is 9.59 Å². The number of aromatic nitrogens is 2. The van der Waals surface area contributed by atoms with E-state index in [2.05, 4.69) is 10.4 Å². The second-order valence-electron chi connectivity index (χ2n) is 6.57. The zero-order valence-electron chi connectivity index (χ0n) is 14.7. The summed E-state index contributed by atoms with van der Waals surface area (Å²) in [6.07, 6.45) is 4.54. The van der Waals surface area contributed by atoms with E-state index in [1.165, 1.54) is 11.3 Å². The molecule has 6 nitrogen and oxygen atoms in total. The highest BCUT2D eigenvalue weighted by molar-refractivity contribution is 7.12. The Hall–Kier alpha value is -2.93. The van der Waals surface area contributed by atoms with Gasteiger partial charge in [-0.15, -0.1) is 11.3 Å². The Bertz CT molecular complexity index is 899. The zero-order valence-corrected chi connectivity index (χ0v) is 15.6. The average Bonchev–Trinajstić information content (AvgIpc) is 3.42. The normalized spacial score (nSPS) is 16.1. The first-order valence-electron chi connectivity index (χ1n) is 8.88. The lowest BCUT2D eigenvalue weighted by atomic mass is 9.86. The first-order valence-corrected chi connectivity index (χ1v) is 9.76. The Kier molecular flexibility index (Phi) is 4.77. The van der Waals surface area contributed by atoms with E-state index in [4.69, 9.17) is 0 Å². The van der Waals surface area contributed by atoms with Gasteiger partial charge >= 0.3 is 0 Å². The second kappa shape index (κ2) is 7.36. The van der Waals surface area contributed by atoms with E-state index < -0.39 is 5.54 Å². The van der Waals surface area contributed by atoms with Crippen LogP contribution in [0.25, 0.3) is 0 Å². The Balaban J connectivity index is 1.55. The molecule has 138 valence electrons. The molecule has 1 fully saturated rings. The number of amides is 2. The van der Waals surface area contributed by atoms with Gasteiger partial charge in [-0.2, -0.15) is 5.10 Å². The molecule has 2 aromatic heterocycles. The lowest BCUT2D eigenvalue weighted by Crippen LogP contribution is -2.54. The summed E-state index contributed by atoms with van der Waals surface area (Å²) in [6.45, 7) is 1.03. The molecular formula is C20H20N4O2S. The van der Waals surface area contributed by atoms with E-state index in [1.54, 1.807) is 10.9 Å². The van der Waals surface area contributed by atoms with Crippen LogP contribution in [0.15, 0.2) is 66.3 Å². The highest BCUT2D eigenvalue weighted by atomic mass is 32.1. The number of nitrogens with one attached hydrogen (secondary N) is 1. The fourth-order valence-corrected chi connectivity index (χ4v) is 4.18. The Morgan fingerprint density at radius 3 is 2.44 bits per heavy atom. The number of likely N-dealkylation sites (tertiary alicyclic amines) is 1. The van der Waals surface area contributed by atoms with Crippen LogP contribution in [0, 0.1) is 0 Å². The van der Waals surface area contributed by atoms with Gasteiger partial charge in [-0.3, -0.25) is 14.3 Å². The summed E-state index contributed by atoms with van der Waals surface area (Å²) in [5.74, 6) is -0.0665. The molecule has 27 heavy (non-hydrogen) atoms. The minimum absolute atomic E-state index is 0.0301. The van der Waals surface area contributed by atoms with E-state index in [0.29, 0.717) is 25.9 Å². The van der Waals surface area contributed by atoms with Gasteiger partial charge < -0.3 is 10.2 Å². The Labute approximate surface area is 161 Å². The van der Waals surface area contributed by atoms with E-state index >= 15 is 0 Å². The second-order valence-corrected chi connectivity index (χ2v) is 7.52. The summed E-state index contributed by atoms with van der Waals surface area (Å²) in [6, 6.07) is 15.0. The summed E-state index contributed by atoms with van der Waals surface area (Å²) in [5, 5.41) is 9.26. The van der Waals surface area contributed by atoms with Gasteiger partial charge in [-0.1, -0.05) is 24.3 Å². The topological polar surface area (TPSA) is 67.2 Å². The van der Waals surface area contributed by atoms with E-state index in [0.717, 1.165) is 10.6 Å². The molecule has 0 atom stereocenters. The number of rotatable bonds is 4. The minimum Gasteiger partial charge on any atom is -0.338 e. The molecule has 4 rings (SSSR count). The molecule has 0 unspecified atom stereocenters. The predicted octanol–water partition coefficient (Wildman–Crippen LogP) is 3.21. The monoisotopic (exact) mass is 380 g/mol. The number of hydrogen-bond donors (Lipinski definition) is 1. The van der Waals surface area contributed by atoms with Crippen molar-refractivity contribution >= 4 is 28.8 Å². The van der Waals surface area contributed by atoms with Crippen LogP contribution < -0.4 is 5.32 Å². The lowest BCUT2D eigenvalue weighted by molar-refractivity contribution is -0.127. The van der Waals surface area contributed by atoms with Crippen LogP contribution >= 0.6 is 11.3 Å². The zero-order chi connectivity index (χ0) is 18.7. The summed E-state index contributed by atoms with van der Waals surface area (Å²) in [5.41, 5.74) is -0.0444. The molecule has 3 heterocycles.